The topological polar surface area (TPSA) is 79.9 Å². The van der Waals surface area contributed by atoms with Gasteiger partial charge in [-0.15, -0.1) is 0 Å². The minimum Gasteiger partial charge on any atom is -0.491 e. The van der Waals surface area contributed by atoms with Gasteiger partial charge in [0, 0.05) is 46.4 Å². The molecule has 0 atom stereocenters. The van der Waals surface area contributed by atoms with Crippen molar-refractivity contribution in [3.05, 3.63) is 24.3 Å². The first kappa shape index (κ1) is 18.2. The summed E-state index contributed by atoms with van der Waals surface area (Å²) >= 11 is 0. The predicted octanol–water partition coefficient (Wildman–Crippen LogP) is -0.105. The van der Waals surface area contributed by atoms with E-state index in [1.165, 1.54) is 0 Å². The molecule has 1 saturated heterocycles. The summed E-state index contributed by atoms with van der Waals surface area (Å²) in [5.41, 5.74) is 0. The number of rotatable bonds is 9. The second-order valence-electron chi connectivity index (χ2n) is 5.30. The van der Waals surface area contributed by atoms with Crippen LogP contribution in [0.25, 0.3) is 0 Å². The van der Waals surface area contributed by atoms with Gasteiger partial charge in [-0.1, -0.05) is 0 Å². The van der Waals surface area contributed by atoms with E-state index in [1.54, 1.807) is 31.4 Å². The highest BCUT2D eigenvalue weighted by molar-refractivity contribution is 7.89. The van der Waals surface area contributed by atoms with E-state index < -0.39 is 10.0 Å². The summed E-state index contributed by atoms with van der Waals surface area (Å²) in [6.45, 7) is 5.88. The number of nitrogens with zero attached hydrogens (tertiary/aromatic N) is 1. The average Bonchev–Trinajstić information content (AvgIpc) is 2.56. The summed E-state index contributed by atoms with van der Waals surface area (Å²) in [5.74, 6) is 0.627. The zero-order chi connectivity index (χ0) is 16.5. The second kappa shape index (κ2) is 9.19. The number of piperazine rings is 1. The Balaban J connectivity index is 1.81. The molecule has 0 unspecified atom stereocenters. The number of hydrogen-bond acceptors (Lipinski definition) is 6. The van der Waals surface area contributed by atoms with Crippen molar-refractivity contribution < 1.29 is 17.9 Å². The molecule has 130 valence electrons. The summed E-state index contributed by atoms with van der Waals surface area (Å²) in [5, 5.41) is 3.27. The van der Waals surface area contributed by atoms with Gasteiger partial charge in [0.25, 0.3) is 0 Å². The number of hydrogen-bond donors (Lipinski definition) is 2. The lowest BCUT2D eigenvalue weighted by atomic mass is 10.3. The van der Waals surface area contributed by atoms with E-state index in [1.807, 2.05) is 0 Å². The lowest BCUT2D eigenvalue weighted by Crippen LogP contribution is -2.46. The van der Waals surface area contributed by atoms with Gasteiger partial charge in [0.15, 0.2) is 0 Å². The van der Waals surface area contributed by atoms with E-state index in [4.69, 9.17) is 9.47 Å². The fraction of sp³-hybridized carbons (Fsp3) is 0.600. The smallest absolute Gasteiger partial charge is 0.240 e. The highest BCUT2D eigenvalue weighted by Crippen LogP contribution is 2.15. The Kier molecular flexibility index (Phi) is 7.25. The van der Waals surface area contributed by atoms with E-state index in [-0.39, 0.29) is 4.90 Å². The van der Waals surface area contributed by atoms with Crippen LogP contribution in [0, 0.1) is 0 Å². The Bertz CT molecular complexity index is 557. The van der Waals surface area contributed by atoms with Gasteiger partial charge in [-0.3, -0.25) is 4.90 Å². The molecule has 0 amide bonds. The molecule has 0 aromatic heterocycles. The van der Waals surface area contributed by atoms with Crippen LogP contribution in [-0.4, -0.2) is 72.9 Å². The van der Waals surface area contributed by atoms with Crippen molar-refractivity contribution >= 4 is 10.0 Å². The maximum absolute atomic E-state index is 12.2. The lowest BCUT2D eigenvalue weighted by molar-refractivity contribution is 0.146. The van der Waals surface area contributed by atoms with E-state index >= 15 is 0 Å². The number of methoxy groups -OCH3 is 1. The first-order valence-corrected chi connectivity index (χ1v) is 9.25. The molecule has 0 radical (unpaired) electrons. The molecule has 0 aliphatic carbocycles. The van der Waals surface area contributed by atoms with Crippen molar-refractivity contribution in [1.29, 1.82) is 0 Å². The van der Waals surface area contributed by atoms with Crippen molar-refractivity contribution in [3.63, 3.8) is 0 Å². The highest BCUT2D eigenvalue weighted by Gasteiger charge is 2.15. The maximum Gasteiger partial charge on any atom is 0.240 e. The van der Waals surface area contributed by atoms with Crippen LogP contribution in [0.2, 0.25) is 0 Å². The molecular formula is C15H25N3O4S. The minimum atomic E-state index is -3.48. The van der Waals surface area contributed by atoms with Gasteiger partial charge < -0.3 is 14.8 Å². The van der Waals surface area contributed by atoms with Gasteiger partial charge in [-0.25, -0.2) is 13.1 Å². The Morgan fingerprint density at radius 3 is 2.52 bits per heavy atom. The summed E-state index contributed by atoms with van der Waals surface area (Å²) in [6.07, 6.45) is 0. The summed E-state index contributed by atoms with van der Waals surface area (Å²) in [6, 6.07) is 6.41. The fourth-order valence-corrected chi connectivity index (χ4v) is 3.34. The number of benzene rings is 1. The monoisotopic (exact) mass is 343 g/mol. The van der Waals surface area contributed by atoms with Crippen LogP contribution in [0.15, 0.2) is 29.2 Å². The van der Waals surface area contributed by atoms with Crippen molar-refractivity contribution in [2.45, 2.75) is 4.90 Å². The third kappa shape index (κ3) is 6.08. The minimum absolute atomic E-state index is 0.247. The molecule has 2 rings (SSSR count). The first-order chi connectivity index (χ1) is 11.1. The highest BCUT2D eigenvalue weighted by atomic mass is 32.2. The number of sulfonamides is 1. The second-order valence-corrected chi connectivity index (χ2v) is 7.07. The number of nitrogens with one attached hydrogen (secondary N) is 2. The van der Waals surface area contributed by atoms with Crippen LogP contribution >= 0.6 is 0 Å². The van der Waals surface area contributed by atoms with E-state index in [2.05, 4.69) is 14.9 Å². The summed E-state index contributed by atoms with van der Waals surface area (Å²) < 4.78 is 37.4. The van der Waals surface area contributed by atoms with Gasteiger partial charge in [0.05, 0.1) is 11.5 Å². The molecule has 0 spiro atoms. The average molecular weight is 343 g/mol. The van der Waals surface area contributed by atoms with Crippen LogP contribution in [0.3, 0.4) is 0 Å². The first-order valence-electron chi connectivity index (χ1n) is 7.76. The molecular weight excluding hydrogens is 318 g/mol. The molecule has 1 aromatic carbocycles. The quantitative estimate of drug-likeness (QED) is 0.610. The Morgan fingerprint density at radius 2 is 1.87 bits per heavy atom. The summed E-state index contributed by atoms with van der Waals surface area (Å²) in [4.78, 5) is 2.49. The molecule has 0 saturated carbocycles. The molecule has 1 aromatic rings. The molecule has 1 aliphatic rings. The van der Waals surface area contributed by atoms with Crippen LogP contribution < -0.4 is 14.8 Å². The fourth-order valence-electron chi connectivity index (χ4n) is 2.31. The van der Waals surface area contributed by atoms with Gasteiger partial charge in [-0.05, 0) is 24.3 Å². The van der Waals surface area contributed by atoms with E-state index in [9.17, 15) is 8.42 Å². The number of ether oxygens (including phenoxy) is 2. The molecule has 0 bridgehead atoms. The van der Waals surface area contributed by atoms with Crippen molar-refractivity contribution in [2.75, 3.05) is 59.6 Å². The molecule has 1 fully saturated rings. The molecule has 2 N–H and O–H groups in total. The predicted molar refractivity (Wildman–Crippen MR) is 88.3 cm³/mol. The van der Waals surface area contributed by atoms with E-state index in [0.29, 0.717) is 25.5 Å². The summed E-state index contributed by atoms with van der Waals surface area (Å²) in [7, 11) is -1.87. The zero-order valence-electron chi connectivity index (χ0n) is 13.5. The SMILES string of the molecule is COCCOc1ccc(S(=O)(=O)NCCN2CCNCC2)cc1. The van der Waals surface area contributed by atoms with Crippen molar-refractivity contribution in [1.82, 2.24) is 14.9 Å². The van der Waals surface area contributed by atoms with Crippen LogP contribution in [0.5, 0.6) is 5.75 Å². The van der Waals surface area contributed by atoms with Crippen LogP contribution in [0.4, 0.5) is 0 Å². The third-order valence-electron chi connectivity index (χ3n) is 3.62. The van der Waals surface area contributed by atoms with Gasteiger partial charge in [0.2, 0.25) is 10.0 Å². The van der Waals surface area contributed by atoms with Crippen LogP contribution in [0.1, 0.15) is 0 Å². The van der Waals surface area contributed by atoms with Gasteiger partial charge in [0.1, 0.15) is 12.4 Å². The standard InChI is InChI=1S/C15H25N3O4S/c1-21-12-13-22-14-2-4-15(5-3-14)23(19,20)17-8-11-18-9-6-16-7-10-18/h2-5,16-17H,6-13H2,1H3. The van der Waals surface area contributed by atoms with Gasteiger partial charge in [-0.2, -0.15) is 0 Å². The van der Waals surface area contributed by atoms with E-state index in [0.717, 1.165) is 32.7 Å². The Morgan fingerprint density at radius 1 is 1.17 bits per heavy atom. The third-order valence-corrected chi connectivity index (χ3v) is 5.10. The van der Waals surface area contributed by atoms with Crippen molar-refractivity contribution in [2.24, 2.45) is 0 Å². The maximum atomic E-state index is 12.2. The molecule has 1 heterocycles. The Hall–Kier alpha value is -1.19. The molecule has 23 heavy (non-hydrogen) atoms. The Labute approximate surface area is 138 Å². The van der Waals surface area contributed by atoms with Crippen molar-refractivity contribution in [3.8, 4) is 5.75 Å². The normalized spacial score (nSPS) is 16.4. The van der Waals surface area contributed by atoms with Gasteiger partial charge >= 0.3 is 0 Å². The van der Waals surface area contributed by atoms with Crippen LogP contribution in [-0.2, 0) is 14.8 Å². The largest absolute Gasteiger partial charge is 0.491 e. The molecule has 1 aliphatic heterocycles. The molecule has 7 nitrogen and oxygen atoms in total. The lowest BCUT2D eigenvalue weighted by Gasteiger charge is -2.27. The molecule has 8 heteroatoms. The zero-order valence-corrected chi connectivity index (χ0v) is 14.3.